The first kappa shape index (κ1) is 12.8. The predicted molar refractivity (Wildman–Crippen MR) is 67.0 cm³/mol. The van der Waals surface area contributed by atoms with Crippen LogP contribution in [-0.4, -0.2) is 7.11 Å². The van der Waals surface area contributed by atoms with Crippen molar-refractivity contribution >= 4 is 11.6 Å². The highest BCUT2D eigenvalue weighted by molar-refractivity contribution is 6.22. The summed E-state index contributed by atoms with van der Waals surface area (Å²) in [5, 5.41) is -0.864. The molecule has 1 nitrogen and oxygen atoms in total. The Morgan fingerprint density at radius 1 is 1.06 bits per heavy atom. The molecule has 0 heterocycles. The van der Waals surface area contributed by atoms with Crippen LogP contribution in [0.3, 0.4) is 0 Å². The van der Waals surface area contributed by atoms with Gasteiger partial charge in [0.15, 0.2) is 0 Å². The third-order valence-corrected chi connectivity index (χ3v) is 3.10. The van der Waals surface area contributed by atoms with Crippen molar-refractivity contribution in [3.8, 4) is 5.75 Å². The van der Waals surface area contributed by atoms with Gasteiger partial charge in [0, 0.05) is 17.7 Å². The summed E-state index contributed by atoms with van der Waals surface area (Å²) in [6.45, 7) is 0. The Morgan fingerprint density at radius 3 is 2.11 bits per heavy atom. The molecule has 4 heteroatoms. The Kier molecular flexibility index (Phi) is 3.82. The summed E-state index contributed by atoms with van der Waals surface area (Å²) in [6.07, 6.45) is 0. The lowest BCUT2D eigenvalue weighted by Crippen LogP contribution is -2.02. The highest BCUT2D eigenvalue weighted by Crippen LogP contribution is 2.34. The van der Waals surface area contributed by atoms with Crippen LogP contribution in [0.5, 0.6) is 5.75 Å². The van der Waals surface area contributed by atoms with Crippen LogP contribution in [0.2, 0.25) is 0 Å². The lowest BCUT2D eigenvalue weighted by Gasteiger charge is -2.13. The first-order valence-electron chi connectivity index (χ1n) is 5.35. The highest BCUT2D eigenvalue weighted by Gasteiger charge is 2.20. The lowest BCUT2D eigenvalue weighted by atomic mass is 10.0. The minimum absolute atomic E-state index is 0.130. The molecule has 0 radical (unpaired) electrons. The number of rotatable bonds is 3. The monoisotopic (exact) mass is 268 g/mol. The molecular formula is C14H11ClF2O. The summed E-state index contributed by atoms with van der Waals surface area (Å²) < 4.78 is 32.5. The van der Waals surface area contributed by atoms with Gasteiger partial charge in [-0.3, -0.25) is 0 Å². The fraction of sp³-hybridized carbons (Fsp3) is 0.143. The van der Waals surface area contributed by atoms with Gasteiger partial charge in [0.1, 0.15) is 17.4 Å². The quantitative estimate of drug-likeness (QED) is 0.754. The van der Waals surface area contributed by atoms with Gasteiger partial charge in [-0.15, -0.1) is 11.6 Å². The van der Waals surface area contributed by atoms with Crippen LogP contribution < -0.4 is 4.74 Å². The Labute approximate surface area is 109 Å². The van der Waals surface area contributed by atoms with E-state index in [-0.39, 0.29) is 11.3 Å². The maximum Gasteiger partial charge on any atom is 0.134 e. The van der Waals surface area contributed by atoms with Gasteiger partial charge in [0.05, 0.1) is 12.5 Å². The van der Waals surface area contributed by atoms with Crippen LogP contribution in [0.25, 0.3) is 0 Å². The molecule has 2 aromatic rings. The molecule has 18 heavy (non-hydrogen) atoms. The van der Waals surface area contributed by atoms with Gasteiger partial charge < -0.3 is 4.74 Å². The van der Waals surface area contributed by atoms with Gasteiger partial charge in [-0.1, -0.05) is 30.3 Å². The number of ether oxygens (including phenoxy) is 1. The average Bonchev–Trinajstić information content (AvgIpc) is 2.38. The van der Waals surface area contributed by atoms with Gasteiger partial charge >= 0.3 is 0 Å². The van der Waals surface area contributed by atoms with Crippen LogP contribution in [0.1, 0.15) is 16.5 Å². The van der Waals surface area contributed by atoms with Crippen molar-refractivity contribution in [1.82, 2.24) is 0 Å². The lowest BCUT2D eigenvalue weighted by molar-refractivity contribution is 0.405. The van der Waals surface area contributed by atoms with E-state index in [1.165, 1.54) is 7.11 Å². The topological polar surface area (TPSA) is 9.23 Å². The molecule has 0 N–H and O–H groups in total. The molecule has 0 aliphatic rings. The maximum atomic E-state index is 13.8. The molecule has 0 spiro atoms. The fourth-order valence-electron chi connectivity index (χ4n) is 1.71. The molecule has 1 unspecified atom stereocenters. The number of methoxy groups -OCH3 is 1. The summed E-state index contributed by atoms with van der Waals surface area (Å²) >= 11 is 6.12. The molecule has 0 saturated carbocycles. The molecule has 0 aromatic heterocycles. The van der Waals surface area contributed by atoms with Gasteiger partial charge in [0.2, 0.25) is 0 Å². The van der Waals surface area contributed by atoms with Gasteiger partial charge in [-0.25, -0.2) is 8.78 Å². The predicted octanol–water partition coefficient (Wildman–Crippen LogP) is 4.30. The van der Waals surface area contributed by atoms with Crippen molar-refractivity contribution in [2.75, 3.05) is 7.11 Å². The van der Waals surface area contributed by atoms with Crippen molar-refractivity contribution in [3.05, 3.63) is 65.2 Å². The molecule has 2 aromatic carbocycles. The van der Waals surface area contributed by atoms with E-state index in [1.54, 1.807) is 24.3 Å². The number of hydrogen-bond donors (Lipinski definition) is 0. The largest absolute Gasteiger partial charge is 0.497 e. The van der Waals surface area contributed by atoms with Crippen LogP contribution in [0, 0.1) is 11.6 Å². The second kappa shape index (κ2) is 5.36. The summed E-state index contributed by atoms with van der Waals surface area (Å²) in [4.78, 5) is 0. The van der Waals surface area contributed by atoms with E-state index in [4.69, 9.17) is 16.3 Å². The molecular weight excluding hydrogens is 258 g/mol. The Bertz CT molecular complexity index is 520. The Hall–Kier alpha value is -1.61. The van der Waals surface area contributed by atoms with Crippen molar-refractivity contribution in [1.29, 1.82) is 0 Å². The first-order chi connectivity index (χ1) is 8.63. The van der Waals surface area contributed by atoms with Crippen molar-refractivity contribution < 1.29 is 13.5 Å². The molecule has 1 atom stereocenters. The molecule has 2 rings (SSSR count). The number of alkyl halides is 1. The molecule has 0 fully saturated rings. The van der Waals surface area contributed by atoms with Crippen LogP contribution in [0.15, 0.2) is 42.5 Å². The highest BCUT2D eigenvalue weighted by atomic mass is 35.5. The van der Waals surface area contributed by atoms with E-state index in [0.717, 1.165) is 12.1 Å². The average molecular weight is 269 g/mol. The smallest absolute Gasteiger partial charge is 0.134 e. The van der Waals surface area contributed by atoms with Crippen LogP contribution in [0.4, 0.5) is 8.78 Å². The third kappa shape index (κ3) is 2.46. The summed E-state index contributed by atoms with van der Waals surface area (Å²) in [5.74, 6) is -1.29. The molecule has 0 aliphatic carbocycles. The second-order valence-electron chi connectivity index (χ2n) is 3.78. The molecule has 0 saturated heterocycles. The zero-order valence-corrected chi connectivity index (χ0v) is 10.4. The summed E-state index contributed by atoms with van der Waals surface area (Å²) in [6, 6.07) is 11.0. The molecule has 94 valence electrons. The number of hydrogen-bond acceptors (Lipinski definition) is 1. The fourth-order valence-corrected chi connectivity index (χ4v) is 2.06. The maximum absolute atomic E-state index is 13.8. The molecule has 0 aliphatic heterocycles. The zero-order valence-electron chi connectivity index (χ0n) is 9.66. The standard InChI is InChI=1S/C14H11ClF2O/c1-18-10-7-11(16)13(12(17)8-10)14(15)9-5-3-2-4-6-9/h2-8,14H,1H3. The molecule has 0 amide bonds. The van der Waals surface area contributed by atoms with E-state index < -0.39 is 17.0 Å². The second-order valence-corrected chi connectivity index (χ2v) is 4.21. The summed E-state index contributed by atoms with van der Waals surface area (Å²) in [7, 11) is 1.35. The van der Waals surface area contributed by atoms with E-state index in [2.05, 4.69) is 0 Å². The SMILES string of the molecule is COc1cc(F)c(C(Cl)c2ccccc2)c(F)c1. The Morgan fingerprint density at radius 2 is 1.61 bits per heavy atom. The van der Waals surface area contributed by atoms with Crippen molar-refractivity contribution in [2.45, 2.75) is 5.38 Å². The van der Waals surface area contributed by atoms with Gasteiger partial charge in [0.25, 0.3) is 0 Å². The molecule has 0 bridgehead atoms. The van der Waals surface area contributed by atoms with E-state index in [0.29, 0.717) is 5.56 Å². The first-order valence-corrected chi connectivity index (χ1v) is 5.79. The van der Waals surface area contributed by atoms with E-state index in [9.17, 15) is 8.78 Å². The van der Waals surface area contributed by atoms with Crippen molar-refractivity contribution in [3.63, 3.8) is 0 Å². The van der Waals surface area contributed by atoms with Crippen LogP contribution in [-0.2, 0) is 0 Å². The van der Waals surface area contributed by atoms with E-state index >= 15 is 0 Å². The number of halogens is 3. The minimum Gasteiger partial charge on any atom is -0.497 e. The van der Waals surface area contributed by atoms with E-state index in [1.807, 2.05) is 6.07 Å². The third-order valence-electron chi connectivity index (χ3n) is 2.63. The number of benzene rings is 2. The van der Waals surface area contributed by atoms with Crippen molar-refractivity contribution in [2.24, 2.45) is 0 Å². The summed E-state index contributed by atoms with van der Waals surface area (Å²) in [5.41, 5.74) is 0.478. The van der Waals surface area contributed by atoms with Gasteiger partial charge in [-0.05, 0) is 5.56 Å². The Balaban J connectivity index is 2.45. The zero-order chi connectivity index (χ0) is 13.1. The van der Waals surface area contributed by atoms with Gasteiger partial charge in [-0.2, -0.15) is 0 Å². The van der Waals surface area contributed by atoms with Crippen LogP contribution >= 0.6 is 11.6 Å². The minimum atomic E-state index is -0.864. The normalized spacial score (nSPS) is 12.2.